The van der Waals surface area contributed by atoms with Gasteiger partial charge in [0.15, 0.2) is 0 Å². The lowest BCUT2D eigenvalue weighted by Crippen LogP contribution is -2.33. The van der Waals surface area contributed by atoms with Crippen LogP contribution in [0.3, 0.4) is 0 Å². The third-order valence-electron chi connectivity index (χ3n) is 6.27. The lowest BCUT2D eigenvalue weighted by Gasteiger charge is -2.30. The van der Waals surface area contributed by atoms with Crippen LogP contribution in [0.2, 0.25) is 0 Å². The summed E-state index contributed by atoms with van der Waals surface area (Å²) in [5, 5.41) is 3.26. The van der Waals surface area contributed by atoms with Crippen molar-refractivity contribution < 1.29 is 4.79 Å². The molecule has 1 fully saturated rings. The monoisotopic (exact) mass is 412 g/mol. The van der Waals surface area contributed by atoms with Crippen LogP contribution in [0.15, 0.2) is 78.9 Å². The van der Waals surface area contributed by atoms with E-state index in [9.17, 15) is 4.79 Å². The largest absolute Gasteiger partial charge is 0.341 e. The van der Waals surface area contributed by atoms with E-state index in [1.165, 1.54) is 30.5 Å². The van der Waals surface area contributed by atoms with Crippen LogP contribution in [0.1, 0.15) is 58.4 Å². The van der Waals surface area contributed by atoms with Crippen molar-refractivity contribution in [1.29, 1.82) is 0 Å². The van der Waals surface area contributed by atoms with Crippen LogP contribution in [-0.2, 0) is 6.54 Å². The lowest BCUT2D eigenvalue weighted by atomic mass is 9.94. The van der Waals surface area contributed by atoms with E-state index in [1.54, 1.807) is 0 Å². The molecule has 1 heterocycles. The van der Waals surface area contributed by atoms with Crippen molar-refractivity contribution in [3.8, 4) is 0 Å². The normalized spacial score (nSPS) is 17.8. The number of hydrogen-bond acceptors (Lipinski definition) is 2. The maximum Gasteiger partial charge on any atom is 0.252 e. The summed E-state index contributed by atoms with van der Waals surface area (Å²) in [7, 11) is 0. The minimum absolute atomic E-state index is 0.0461. The van der Waals surface area contributed by atoms with Crippen LogP contribution >= 0.6 is 0 Å². The van der Waals surface area contributed by atoms with Gasteiger partial charge in [-0.2, -0.15) is 0 Å². The number of carbonyl (C=O) groups excluding carboxylic acids is 1. The molecule has 0 unspecified atom stereocenters. The van der Waals surface area contributed by atoms with Crippen molar-refractivity contribution in [2.75, 3.05) is 13.1 Å². The zero-order valence-electron chi connectivity index (χ0n) is 18.6. The van der Waals surface area contributed by atoms with Gasteiger partial charge in [0, 0.05) is 18.7 Å². The molecule has 160 valence electrons. The molecular formula is C28H32N2O. The first-order valence-corrected chi connectivity index (χ1v) is 11.3. The van der Waals surface area contributed by atoms with Crippen molar-refractivity contribution in [2.45, 2.75) is 39.3 Å². The van der Waals surface area contributed by atoms with Crippen molar-refractivity contribution in [2.24, 2.45) is 5.92 Å². The molecule has 0 spiro atoms. The Hall–Kier alpha value is -2.91. The molecule has 2 atom stereocenters. The maximum absolute atomic E-state index is 13.1. The van der Waals surface area contributed by atoms with Gasteiger partial charge in [-0.25, -0.2) is 0 Å². The first kappa shape index (κ1) is 21.3. The molecule has 3 nitrogen and oxygen atoms in total. The van der Waals surface area contributed by atoms with E-state index in [4.69, 9.17) is 0 Å². The quantitative estimate of drug-likeness (QED) is 0.559. The first-order valence-electron chi connectivity index (χ1n) is 11.3. The molecule has 0 saturated carbocycles. The Morgan fingerprint density at radius 3 is 2.42 bits per heavy atom. The molecule has 3 aromatic rings. The zero-order chi connectivity index (χ0) is 21.6. The summed E-state index contributed by atoms with van der Waals surface area (Å²) in [6.45, 7) is 7.71. The van der Waals surface area contributed by atoms with Crippen molar-refractivity contribution in [1.82, 2.24) is 10.2 Å². The van der Waals surface area contributed by atoms with Gasteiger partial charge in [-0.3, -0.25) is 9.69 Å². The van der Waals surface area contributed by atoms with Gasteiger partial charge in [-0.05, 0) is 66.6 Å². The highest BCUT2D eigenvalue weighted by atomic mass is 16.1. The van der Waals surface area contributed by atoms with Crippen molar-refractivity contribution in [3.05, 3.63) is 107 Å². The molecule has 1 aliphatic rings. The van der Waals surface area contributed by atoms with Crippen LogP contribution in [0.5, 0.6) is 0 Å². The average molecular weight is 413 g/mol. The summed E-state index contributed by atoms with van der Waals surface area (Å²) in [4.78, 5) is 15.7. The molecule has 4 rings (SSSR count). The molecule has 0 radical (unpaired) electrons. The molecule has 0 aromatic heterocycles. The van der Waals surface area contributed by atoms with Crippen molar-refractivity contribution >= 4 is 5.91 Å². The van der Waals surface area contributed by atoms with E-state index in [0.29, 0.717) is 5.56 Å². The van der Waals surface area contributed by atoms with E-state index >= 15 is 0 Å². The molecule has 3 aromatic carbocycles. The fourth-order valence-corrected chi connectivity index (χ4v) is 4.56. The van der Waals surface area contributed by atoms with Crippen LogP contribution in [0.25, 0.3) is 0 Å². The Bertz CT molecular complexity index is 997. The zero-order valence-corrected chi connectivity index (χ0v) is 18.6. The second-order valence-electron chi connectivity index (χ2n) is 8.85. The molecule has 1 amide bonds. The molecule has 3 heteroatoms. The Balaban J connectivity index is 1.49. The van der Waals surface area contributed by atoms with E-state index < -0.39 is 0 Å². The molecule has 0 bridgehead atoms. The topological polar surface area (TPSA) is 32.3 Å². The minimum Gasteiger partial charge on any atom is -0.341 e. The molecule has 0 aliphatic carbocycles. The standard InChI is InChI=1S/C28H32N2O/c1-21-9-8-18-30(19-21)20-23-14-16-25(17-15-23)28(31)29-27(24-11-4-3-5-12-24)26-13-7-6-10-22(26)2/h3-7,10-17,21,27H,8-9,18-20H2,1-2H3,(H,29,31)/t21-,27-/m0/s1. The molecular weight excluding hydrogens is 380 g/mol. The second-order valence-corrected chi connectivity index (χ2v) is 8.85. The Morgan fingerprint density at radius 1 is 1.00 bits per heavy atom. The number of likely N-dealkylation sites (tertiary alicyclic amines) is 1. The summed E-state index contributed by atoms with van der Waals surface area (Å²) in [6.07, 6.45) is 2.61. The summed E-state index contributed by atoms with van der Waals surface area (Å²) in [5.41, 5.74) is 5.34. The summed E-state index contributed by atoms with van der Waals surface area (Å²) >= 11 is 0. The maximum atomic E-state index is 13.1. The number of aryl methyl sites for hydroxylation is 1. The van der Waals surface area contributed by atoms with Gasteiger partial charge in [0.1, 0.15) is 0 Å². The predicted octanol–water partition coefficient (Wildman–Crippen LogP) is 5.75. The SMILES string of the molecule is Cc1ccccc1[C@@H](NC(=O)c1ccc(CN2CCC[C@H](C)C2)cc1)c1ccccc1. The van der Waals surface area contributed by atoms with Gasteiger partial charge in [-0.1, -0.05) is 73.7 Å². The van der Waals surface area contributed by atoms with Crippen LogP contribution in [0, 0.1) is 12.8 Å². The highest BCUT2D eigenvalue weighted by molar-refractivity contribution is 5.94. The number of carbonyl (C=O) groups is 1. The van der Waals surface area contributed by atoms with Gasteiger partial charge in [-0.15, -0.1) is 0 Å². The van der Waals surface area contributed by atoms with Gasteiger partial charge >= 0.3 is 0 Å². The summed E-state index contributed by atoms with van der Waals surface area (Å²) in [5.74, 6) is 0.727. The summed E-state index contributed by atoms with van der Waals surface area (Å²) < 4.78 is 0. The molecule has 1 saturated heterocycles. The Labute approximate surface area is 186 Å². The van der Waals surface area contributed by atoms with Gasteiger partial charge in [0.25, 0.3) is 5.91 Å². The van der Waals surface area contributed by atoms with Gasteiger partial charge in [0.2, 0.25) is 0 Å². The van der Waals surface area contributed by atoms with Crippen LogP contribution in [-0.4, -0.2) is 23.9 Å². The summed E-state index contributed by atoms with van der Waals surface area (Å²) in [6, 6.07) is 26.3. The smallest absolute Gasteiger partial charge is 0.252 e. The Morgan fingerprint density at radius 2 is 1.71 bits per heavy atom. The Kier molecular flexibility index (Phi) is 6.83. The predicted molar refractivity (Wildman–Crippen MR) is 127 cm³/mol. The van der Waals surface area contributed by atoms with Gasteiger partial charge in [0.05, 0.1) is 6.04 Å². The van der Waals surface area contributed by atoms with E-state index in [1.807, 2.05) is 42.5 Å². The van der Waals surface area contributed by atoms with Crippen molar-refractivity contribution in [3.63, 3.8) is 0 Å². The first-order chi connectivity index (χ1) is 15.1. The fraction of sp³-hybridized carbons (Fsp3) is 0.321. The van der Waals surface area contributed by atoms with E-state index in [-0.39, 0.29) is 11.9 Å². The fourth-order valence-electron chi connectivity index (χ4n) is 4.56. The third-order valence-corrected chi connectivity index (χ3v) is 6.27. The third kappa shape index (κ3) is 5.42. The van der Waals surface area contributed by atoms with Crippen LogP contribution < -0.4 is 5.32 Å². The number of benzene rings is 3. The number of nitrogens with one attached hydrogen (secondary N) is 1. The highest BCUT2D eigenvalue weighted by Gasteiger charge is 2.20. The average Bonchev–Trinajstić information content (AvgIpc) is 2.79. The van der Waals surface area contributed by atoms with Crippen LogP contribution in [0.4, 0.5) is 0 Å². The number of nitrogens with zero attached hydrogens (tertiary/aromatic N) is 1. The van der Waals surface area contributed by atoms with Gasteiger partial charge < -0.3 is 5.32 Å². The number of hydrogen-bond donors (Lipinski definition) is 1. The number of rotatable bonds is 6. The molecule has 1 N–H and O–H groups in total. The minimum atomic E-state index is -0.176. The lowest BCUT2D eigenvalue weighted by molar-refractivity contribution is 0.0943. The highest BCUT2D eigenvalue weighted by Crippen LogP contribution is 2.25. The number of amides is 1. The van der Waals surface area contributed by atoms with E-state index in [2.05, 4.69) is 60.5 Å². The molecule has 1 aliphatic heterocycles. The molecule has 31 heavy (non-hydrogen) atoms. The number of piperidine rings is 1. The van der Waals surface area contributed by atoms with E-state index in [0.717, 1.165) is 30.1 Å². The second kappa shape index (κ2) is 9.93.